The number of nitrogens with one attached hydrogen (secondary N) is 1. The molecule has 10 heteroatoms. The van der Waals surface area contributed by atoms with Crippen LogP contribution in [0.3, 0.4) is 0 Å². The summed E-state index contributed by atoms with van der Waals surface area (Å²) in [5.41, 5.74) is 2.26. The third kappa shape index (κ3) is 5.11. The van der Waals surface area contributed by atoms with Crippen molar-refractivity contribution in [2.24, 2.45) is 0 Å². The van der Waals surface area contributed by atoms with Crippen molar-refractivity contribution in [3.05, 3.63) is 76.1 Å². The number of ether oxygens (including phenoxy) is 1. The molecule has 1 amide bonds. The van der Waals surface area contributed by atoms with Crippen LogP contribution in [0.4, 0.5) is 5.69 Å². The van der Waals surface area contributed by atoms with E-state index in [1.807, 2.05) is 33.9 Å². The van der Waals surface area contributed by atoms with Crippen molar-refractivity contribution < 1.29 is 17.9 Å². The number of thiophene rings is 1. The van der Waals surface area contributed by atoms with E-state index in [1.165, 1.54) is 4.88 Å². The van der Waals surface area contributed by atoms with Gasteiger partial charge in [0.05, 0.1) is 28.7 Å². The summed E-state index contributed by atoms with van der Waals surface area (Å²) in [4.78, 5) is 19.3. The van der Waals surface area contributed by atoms with Gasteiger partial charge in [0, 0.05) is 29.5 Å². The van der Waals surface area contributed by atoms with Crippen LogP contribution in [0.25, 0.3) is 10.9 Å². The average molecular weight is 581 g/mol. The highest BCUT2D eigenvalue weighted by molar-refractivity contribution is 7.92. The fourth-order valence-corrected chi connectivity index (χ4v) is 8.54. The maximum atomic E-state index is 13.6. The number of amides is 1. The number of hydrogen-bond acceptors (Lipinski definition) is 6. The number of benzene rings is 2. The molecule has 4 aromatic rings. The Hall–Kier alpha value is -3.34. The van der Waals surface area contributed by atoms with Crippen molar-refractivity contribution in [3.8, 4) is 5.75 Å². The Morgan fingerprint density at radius 1 is 1.07 bits per heavy atom. The van der Waals surface area contributed by atoms with Crippen LogP contribution >= 0.6 is 11.3 Å². The van der Waals surface area contributed by atoms with Crippen LogP contribution in [-0.2, 0) is 26.9 Å². The number of rotatable bonds is 8. The number of piperidine rings is 1. The first-order valence-electron chi connectivity index (χ1n) is 13.3. The van der Waals surface area contributed by atoms with Crippen LogP contribution in [0.15, 0.2) is 65.0 Å². The molecule has 3 heterocycles. The van der Waals surface area contributed by atoms with E-state index in [9.17, 15) is 13.2 Å². The lowest BCUT2D eigenvalue weighted by Crippen LogP contribution is -2.51. The second kappa shape index (κ2) is 10.9. The van der Waals surface area contributed by atoms with E-state index in [-0.39, 0.29) is 22.9 Å². The highest BCUT2D eigenvalue weighted by atomic mass is 32.2. The minimum atomic E-state index is -3.90. The van der Waals surface area contributed by atoms with Crippen molar-refractivity contribution in [2.75, 3.05) is 39.0 Å². The fraction of sp³-hybridized carbons (Fsp3) is 0.367. The first-order chi connectivity index (χ1) is 19.1. The number of hydrogen-bond donors (Lipinski definition) is 1. The van der Waals surface area contributed by atoms with Gasteiger partial charge in [0.1, 0.15) is 12.3 Å². The van der Waals surface area contributed by atoms with Gasteiger partial charge in [-0.15, -0.1) is 11.3 Å². The lowest BCUT2D eigenvalue weighted by Gasteiger charge is -2.45. The Morgan fingerprint density at radius 2 is 1.77 bits per heavy atom. The van der Waals surface area contributed by atoms with Crippen LogP contribution in [0.2, 0.25) is 0 Å². The third-order valence-electron chi connectivity index (χ3n) is 8.06. The van der Waals surface area contributed by atoms with Gasteiger partial charge in [-0.2, -0.15) is 0 Å². The van der Waals surface area contributed by atoms with Crippen molar-refractivity contribution >= 4 is 43.9 Å². The molecule has 40 heavy (non-hydrogen) atoms. The number of carbonyl (C=O) groups excluding carboxylic acids is 1. The molecule has 1 aliphatic rings. The molecule has 0 bridgehead atoms. The number of fused-ring (bicyclic) bond motifs is 1. The van der Waals surface area contributed by atoms with Gasteiger partial charge in [-0.05, 0) is 87.6 Å². The van der Waals surface area contributed by atoms with Crippen LogP contribution < -0.4 is 9.46 Å². The molecule has 2 aromatic carbocycles. The number of aryl methyl sites for hydroxylation is 2. The van der Waals surface area contributed by atoms with Crippen LogP contribution in [0.5, 0.6) is 5.75 Å². The van der Waals surface area contributed by atoms with Crippen molar-refractivity contribution in [3.63, 3.8) is 0 Å². The number of aromatic nitrogens is 1. The molecule has 1 N–H and O–H groups in total. The standard InChI is InChI=1S/C30H36N4O4S2/c1-21-18-24(38-5)19-22(2)29(21)40(36,37)31-25-9-6-8-23-11-14-34(28(23)25)20-27(35)33-15-12-30(13-16-33,32(3)4)26-10-7-17-39-26/h6-11,14,17-19,31H,12-13,15-16,20H2,1-5H3. The molecule has 8 nitrogen and oxygen atoms in total. The number of sulfonamides is 1. The summed E-state index contributed by atoms with van der Waals surface area (Å²) < 4.78 is 37.1. The van der Waals surface area contributed by atoms with E-state index in [1.54, 1.807) is 50.5 Å². The molecular weight excluding hydrogens is 544 g/mol. The van der Waals surface area contributed by atoms with Crippen molar-refractivity contribution in [2.45, 2.75) is 43.7 Å². The van der Waals surface area contributed by atoms with Gasteiger partial charge < -0.3 is 14.2 Å². The van der Waals surface area contributed by atoms with E-state index in [2.05, 4.69) is 41.2 Å². The van der Waals surface area contributed by atoms with Gasteiger partial charge in [0.2, 0.25) is 5.91 Å². The molecular formula is C30H36N4O4S2. The van der Waals surface area contributed by atoms with Gasteiger partial charge in [-0.1, -0.05) is 18.2 Å². The number of methoxy groups -OCH3 is 1. The summed E-state index contributed by atoms with van der Waals surface area (Å²) in [6.07, 6.45) is 3.58. The van der Waals surface area contributed by atoms with Gasteiger partial charge in [-0.3, -0.25) is 14.4 Å². The first kappa shape index (κ1) is 28.2. The molecule has 0 saturated carbocycles. The third-order valence-corrected chi connectivity index (χ3v) is 10.8. The van der Waals surface area contributed by atoms with Crippen LogP contribution in [0.1, 0.15) is 28.8 Å². The zero-order valence-corrected chi connectivity index (χ0v) is 25.2. The highest BCUT2D eigenvalue weighted by Crippen LogP contribution is 2.40. The molecule has 5 rings (SSSR count). The monoisotopic (exact) mass is 580 g/mol. The van der Waals surface area contributed by atoms with E-state index >= 15 is 0 Å². The molecule has 2 aromatic heterocycles. The van der Waals surface area contributed by atoms with E-state index in [0.29, 0.717) is 41.2 Å². The molecule has 0 spiro atoms. The van der Waals surface area contributed by atoms with Gasteiger partial charge >= 0.3 is 0 Å². The lowest BCUT2D eigenvalue weighted by molar-refractivity contribution is -0.134. The predicted octanol–water partition coefficient (Wildman–Crippen LogP) is 5.21. The zero-order valence-electron chi connectivity index (χ0n) is 23.6. The summed E-state index contributed by atoms with van der Waals surface area (Å²) in [6, 6.07) is 15.1. The molecule has 1 saturated heterocycles. The maximum absolute atomic E-state index is 13.6. The Labute approximate surface area is 240 Å². The Kier molecular flexibility index (Phi) is 7.69. The molecule has 0 radical (unpaired) electrons. The fourth-order valence-electron chi connectivity index (χ4n) is 5.95. The summed E-state index contributed by atoms with van der Waals surface area (Å²) in [5.74, 6) is 0.634. The molecule has 0 aliphatic carbocycles. The molecule has 212 valence electrons. The second-order valence-electron chi connectivity index (χ2n) is 10.7. The summed E-state index contributed by atoms with van der Waals surface area (Å²) in [6.45, 7) is 4.99. The molecule has 1 aliphatic heterocycles. The van der Waals surface area contributed by atoms with Gasteiger partial charge in [0.15, 0.2) is 0 Å². The van der Waals surface area contributed by atoms with Crippen LogP contribution in [0, 0.1) is 13.8 Å². The number of para-hydroxylation sites is 1. The average Bonchev–Trinajstić information content (AvgIpc) is 3.59. The SMILES string of the molecule is COc1cc(C)c(S(=O)(=O)Nc2cccc3ccn(CC(=O)N4CCC(c5cccs5)(N(C)C)CC4)c23)c(C)c1. The Bertz CT molecular complexity index is 1610. The minimum Gasteiger partial charge on any atom is -0.497 e. The Morgan fingerprint density at radius 3 is 2.38 bits per heavy atom. The summed E-state index contributed by atoms with van der Waals surface area (Å²) in [7, 11) is 1.89. The highest BCUT2D eigenvalue weighted by Gasteiger charge is 2.40. The van der Waals surface area contributed by atoms with Crippen LogP contribution in [-0.4, -0.2) is 63.0 Å². The summed E-state index contributed by atoms with van der Waals surface area (Å²) >= 11 is 1.77. The van der Waals surface area contributed by atoms with E-state index in [4.69, 9.17) is 4.74 Å². The quantitative estimate of drug-likeness (QED) is 0.310. The number of nitrogens with zero attached hydrogens (tertiary/aromatic N) is 3. The number of likely N-dealkylation sites (tertiary alicyclic amines) is 1. The smallest absolute Gasteiger partial charge is 0.262 e. The van der Waals surface area contributed by atoms with Gasteiger partial charge in [0.25, 0.3) is 10.0 Å². The number of anilines is 1. The Balaban J connectivity index is 1.38. The van der Waals surface area contributed by atoms with E-state index < -0.39 is 10.0 Å². The lowest BCUT2D eigenvalue weighted by atomic mass is 9.84. The molecule has 0 unspecified atom stereocenters. The maximum Gasteiger partial charge on any atom is 0.262 e. The predicted molar refractivity (Wildman–Crippen MR) is 161 cm³/mol. The van der Waals surface area contributed by atoms with Gasteiger partial charge in [-0.25, -0.2) is 8.42 Å². The molecule has 1 fully saturated rings. The molecule has 0 atom stereocenters. The largest absolute Gasteiger partial charge is 0.497 e. The number of carbonyl (C=O) groups is 1. The van der Waals surface area contributed by atoms with Crippen molar-refractivity contribution in [1.82, 2.24) is 14.4 Å². The second-order valence-corrected chi connectivity index (χ2v) is 13.2. The topological polar surface area (TPSA) is 83.9 Å². The van der Waals surface area contributed by atoms with E-state index in [0.717, 1.165) is 18.2 Å². The minimum absolute atomic E-state index is 0.0236. The zero-order chi connectivity index (χ0) is 28.7. The normalized spacial score (nSPS) is 15.5. The summed E-state index contributed by atoms with van der Waals surface area (Å²) in [5, 5.41) is 2.97. The first-order valence-corrected chi connectivity index (χ1v) is 15.7. The van der Waals surface area contributed by atoms with Crippen molar-refractivity contribution in [1.29, 1.82) is 0 Å².